The summed E-state index contributed by atoms with van der Waals surface area (Å²) in [5.41, 5.74) is 7.89. The number of hydrogen-bond donors (Lipinski definition) is 1. The van der Waals surface area contributed by atoms with Gasteiger partial charge >= 0.3 is 0 Å². The summed E-state index contributed by atoms with van der Waals surface area (Å²) in [7, 11) is 0. The van der Waals surface area contributed by atoms with E-state index in [2.05, 4.69) is 21.9 Å². The summed E-state index contributed by atoms with van der Waals surface area (Å²) in [6.45, 7) is 8.49. The van der Waals surface area contributed by atoms with Crippen molar-refractivity contribution in [3.8, 4) is 5.75 Å². The second kappa shape index (κ2) is 5.92. The standard InChI is InChI=1S/C16H25N3O/c1-2-20-16-11-14(5-6-15(16)17)19-9-7-18(8-10-19)12-13-3-4-13/h5-6,11,13H,2-4,7-10,12,17H2,1H3. The number of benzene rings is 1. The number of rotatable bonds is 5. The second-order valence-electron chi connectivity index (χ2n) is 5.89. The van der Waals surface area contributed by atoms with Crippen molar-refractivity contribution in [1.82, 2.24) is 4.90 Å². The molecule has 2 aliphatic rings. The molecule has 110 valence electrons. The number of nitrogens with zero attached hydrogens (tertiary/aromatic N) is 2. The van der Waals surface area contributed by atoms with Gasteiger partial charge in [0.15, 0.2) is 0 Å². The fourth-order valence-electron chi connectivity index (χ4n) is 2.85. The first-order chi connectivity index (χ1) is 9.76. The van der Waals surface area contributed by atoms with Crippen LogP contribution in [0.3, 0.4) is 0 Å². The summed E-state index contributed by atoms with van der Waals surface area (Å²) in [4.78, 5) is 5.04. The number of hydrogen-bond acceptors (Lipinski definition) is 4. The van der Waals surface area contributed by atoms with E-state index >= 15 is 0 Å². The molecule has 4 nitrogen and oxygen atoms in total. The Morgan fingerprint density at radius 1 is 1.20 bits per heavy atom. The van der Waals surface area contributed by atoms with Crippen LogP contribution in [0.25, 0.3) is 0 Å². The SMILES string of the molecule is CCOc1cc(N2CCN(CC3CC3)CC2)ccc1N. The average molecular weight is 275 g/mol. The summed E-state index contributed by atoms with van der Waals surface area (Å²) in [5.74, 6) is 1.80. The van der Waals surface area contributed by atoms with Crippen LogP contribution >= 0.6 is 0 Å². The van der Waals surface area contributed by atoms with Gasteiger partial charge in [0.05, 0.1) is 12.3 Å². The minimum atomic E-state index is 0.656. The zero-order valence-electron chi connectivity index (χ0n) is 12.3. The van der Waals surface area contributed by atoms with Crippen LogP contribution in [0, 0.1) is 5.92 Å². The van der Waals surface area contributed by atoms with Crippen LogP contribution in [0.4, 0.5) is 11.4 Å². The van der Waals surface area contributed by atoms with E-state index in [9.17, 15) is 0 Å². The molecule has 0 radical (unpaired) electrons. The topological polar surface area (TPSA) is 41.7 Å². The van der Waals surface area contributed by atoms with Gasteiger partial charge in [0.2, 0.25) is 0 Å². The first kappa shape index (κ1) is 13.6. The minimum Gasteiger partial charge on any atom is -0.492 e. The van der Waals surface area contributed by atoms with E-state index in [0.29, 0.717) is 6.61 Å². The smallest absolute Gasteiger partial charge is 0.144 e. The van der Waals surface area contributed by atoms with Crippen molar-refractivity contribution in [2.75, 3.05) is 50.0 Å². The van der Waals surface area contributed by atoms with Crippen molar-refractivity contribution in [3.63, 3.8) is 0 Å². The van der Waals surface area contributed by atoms with E-state index in [1.165, 1.54) is 38.2 Å². The zero-order valence-corrected chi connectivity index (χ0v) is 12.3. The van der Waals surface area contributed by atoms with Crippen LogP contribution in [-0.2, 0) is 0 Å². The Morgan fingerprint density at radius 3 is 2.60 bits per heavy atom. The lowest BCUT2D eigenvalue weighted by Crippen LogP contribution is -2.47. The summed E-state index contributed by atoms with van der Waals surface area (Å²) in [6, 6.07) is 6.14. The summed E-state index contributed by atoms with van der Waals surface area (Å²) in [6.07, 6.45) is 2.88. The number of anilines is 2. The third-order valence-corrected chi connectivity index (χ3v) is 4.25. The van der Waals surface area contributed by atoms with E-state index in [-0.39, 0.29) is 0 Å². The fraction of sp³-hybridized carbons (Fsp3) is 0.625. The van der Waals surface area contributed by atoms with E-state index < -0.39 is 0 Å². The van der Waals surface area contributed by atoms with Crippen molar-refractivity contribution in [1.29, 1.82) is 0 Å². The van der Waals surface area contributed by atoms with Gasteiger partial charge in [-0.25, -0.2) is 0 Å². The Balaban J connectivity index is 1.60. The molecule has 4 heteroatoms. The highest BCUT2D eigenvalue weighted by molar-refractivity contribution is 5.62. The van der Waals surface area contributed by atoms with Crippen LogP contribution in [0.15, 0.2) is 18.2 Å². The van der Waals surface area contributed by atoms with Crippen LogP contribution in [0.1, 0.15) is 19.8 Å². The van der Waals surface area contributed by atoms with Gasteiger partial charge in [-0.05, 0) is 37.8 Å². The summed E-state index contributed by atoms with van der Waals surface area (Å²) in [5, 5.41) is 0. The Labute approximate surface area is 121 Å². The predicted molar refractivity (Wildman–Crippen MR) is 83.4 cm³/mol. The molecule has 0 bridgehead atoms. The maximum atomic E-state index is 5.94. The van der Waals surface area contributed by atoms with Crippen molar-refractivity contribution in [3.05, 3.63) is 18.2 Å². The number of nitrogens with two attached hydrogens (primary N) is 1. The molecule has 0 aromatic heterocycles. The average Bonchev–Trinajstić information content (AvgIpc) is 3.26. The van der Waals surface area contributed by atoms with Gasteiger partial charge in [0.25, 0.3) is 0 Å². The molecule has 2 N–H and O–H groups in total. The van der Waals surface area contributed by atoms with Crippen LogP contribution < -0.4 is 15.4 Å². The van der Waals surface area contributed by atoms with Gasteiger partial charge in [-0.1, -0.05) is 0 Å². The first-order valence-electron chi connectivity index (χ1n) is 7.76. The Kier molecular flexibility index (Phi) is 4.01. The monoisotopic (exact) mass is 275 g/mol. The van der Waals surface area contributed by atoms with E-state index in [4.69, 9.17) is 10.5 Å². The molecule has 0 amide bonds. The molecule has 20 heavy (non-hydrogen) atoms. The molecule has 0 unspecified atom stereocenters. The molecule has 0 atom stereocenters. The molecule has 2 fully saturated rings. The van der Waals surface area contributed by atoms with Gasteiger partial charge in [0, 0.05) is 44.5 Å². The quantitative estimate of drug-likeness (QED) is 0.837. The molecule has 1 heterocycles. The minimum absolute atomic E-state index is 0.656. The van der Waals surface area contributed by atoms with Crippen LogP contribution in [-0.4, -0.2) is 44.2 Å². The zero-order chi connectivity index (χ0) is 13.9. The highest BCUT2D eigenvalue weighted by Gasteiger charge is 2.26. The molecule has 1 aliphatic carbocycles. The lowest BCUT2D eigenvalue weighted by atomic mass is 10.2. The first-order valence-corrected chi connectivity index (χ1v) is 7.76. The van der Waals surface area contributed by atoms with Crippen molar-refractivity contribution < 1.29 is 4.74 Å². The molecule has 3 rings (SSSR count). The molecule has 1 saturated carbocycles. The van der Waals surface area contributed by atoms with Crippen molar-refractivity contribution in [2.45, 2.75) is 19.8 Å². The number of nitrogen functional groups attached to an aromatic ring is 1. The maximum Gasteiger partial charge on any atom is 0.144 e. The lowest BCUT2D eigenvalue weighted by Gasteiger charge is -2.36. The third kappa shape index (κ3) is 3.18. The number of piperazine rings is 1. The predicted octanol–water partition coefficient (Wildman–Crippen LogP) is 2.20. The molecule has 1 aromatic rings. The normalized spacial score (nSPS) is 20.1. The molecule has 1 aromatic carbocycles. The van der Waals surface area contributed by atoms with Crippen LogP contribution in [0.5, 0.6) is 5.75 Å². The highest BCUT2D eigenvalue weighted by atomic mass is 16.5. The van der Waals surface area contributed by atoms with Crippen LogP contribution in [0.2, 0.25) is 0 Å². The van der Waals surface area contributed by atoms with Gasteiger partial charge in [0.1, 0.15) is 5.75 Å². The summed E-state index contributed by atoms with van der Waals surface area (Å²) >= 11 is 0. The molecule has 1 saturated heterocycles. The highest BCUT2D eigenvalue weighted by Crippen LogP contribution is 2.31. The third-order valence-electron chi connectivity index (χ3n) is 4.25. The molecule has 1 aliphatic heterocycles. The van der Waals surface area contributed by atoms with Crippen molar-refractivity contribution in [2.24, 2.45) is 5.92 Å². The number of ether oxygens (including phenoxy) is 1. The van der Waals surface area contributed by atoms with Gasteiger partial charge in [-0.2, -0.15) is 0 Å². The second-order valence-corrected chi connectivity index (χ2v) is 5.89. The van der Waals surface area contributed by atoms with Gasteiger partial charge in [-0.15, -0.1) is 0 Å². The van der Waals surface area contributed by atoms with E-state index in [0.717, 1.165) is 30.4 Å². The molecular weight excluding hydrogens is 250 g/mol. The molecule has 0 spiro atoms. The Morgan fingerprint density at radius 2 is 1.95 bits per heavy atom. The van der Waals surface area contributed by atoms with Gasteiger partial charge < -0.3 is 15.4 Å². The lowest BCUT2D eigenvalue weighted by molar-refractivity contribution is 0.248. The summed E-state index contributed by atoms with van der Waals surface area (Å²) < 4.78 is 5.59. The molecular formula is C16H25N3O. The van der Waals surface area contributed by atoms with Gasteiger partial charge in [-0.3, -0.25) is 4.90 Å². The van der Waals surface area contributed by atoms with E-state index in [1.807, 2.05) is 13.0 Å². The largest absolute Gasteiger partial charge is 0.492 e. The maximum absolute atomic E-state index is 5.94. The van der Waals surface area contributed by atoms with E-state index in [1.54, 1.807) is 0 Å². The van der Waals surface area contributed by atoms with Crippen molar-refractivity contribution >= 4 is 11.4 Å². The Bertz CT molecular complexity index is 451. The Hall–Kier alpha value is -1.42. The fourth-order valence-corrected chi connectivity index (χ4v) is 2.85.